The van der Waals surface area contributed by atoms with Gasteiger partial charge in [0, 0.05) is 10.0 Å². The first-order valence-electron chi connectivity index (χ1n) is 10.3. The Hall–Kier alpha value is -3.95. The number of nitrogens with one attached hydrogen (secondary N) is 2. The van der Waals surface area contributed by atoms with Crippen LogP contribution in [-0.4, -0.2) is 30.4 Å². The van der Waals surface area contributed by atoms with E-state index in [4.69, 9.17) is 16.3 Å². The number of carbonyl (C=O) groups excluding carboxylic acids is 4. The highest BCUT2D eigenvalue weighted by Gasteiger charge is 2.37. The predicted octanol–water partition coefficient (Wildman–Crippen LogP) is 4.79. The Morgan fingerprint density at radius 3 is 2.43 bits per heavy atom. The highest BCUT2D eigenvalue weighted by Crippen LogP contribution is 2.26. The Morgan fingerprint density at radius 2 is 1.69 bits per heavy atom. The molecule has 1 saturated heterocycles. The molecule has 1 fully saturated rings. The van der Waals surface area contributed by atoms with E-state index in [1.54, 1.807) is 72.8 Å². The normalized spacial score (nSPS) is 14.6. The minimum absolute atomic E-state index is 0.260. The average Bonchev–Trinajstić information content (AvgIpc) is 2.83. The third kappa shape index (κ3) is 5.59. The highest BCUT2D eigenvalue weighted by molar-refractivity contribution is 9.10. The van der Waals surface area contributed by atoms with E-state index in [-0.39, 0.29) is 17.9 Å². The second-order valence-corrected chi connectivity index (χ2v) is 8.61. The SMILES string of the molecule is O=C(COc1ccccc1/C=C1\C(=O)NC(=O)N(c2ccc(Br)cc2)C1=O)Nc1ccccc1Cl. The van der Waals surface area contributed by atoms with Crippen LogP contribution < -0.4 is 20.3 Å². The molecule has 0 bridgehead atoms. The lowest BCUT2D eigenvalue weighted by Crippen LogP contribution is -2.54. The number of amides is 5. The van der Waals surface area contributed by atoms with Crippen molar-refractivity contribution in [3.8, 4) is 5.75 Å². The summed E-state index contributed by atoms with van der Waals surface area (Å²) in [6, 6.07) is 19.0. The fourth-order valence-corrected chi connectivity index (χ4v) is 3.71. The van der Waals surface area contributed by atoms with Crippen molar-refractivity contribution < 1.29 is 23.9 Å². The van der Waals surface area contributed by atoms with Gasteiger partial charge in [0.2, 0.25) is 0 Å². The Kier molecular flexibility index (Phi) is 7.28. The Labute approximate surface area is 213 Å². The quantitative estimate of drug-likeness (QED) is 0.337. The van der Waals surface area contributed by atoms with Gasteiger partial charge in [-0.25, -0.2) is 9.69 Å². The molecule has 0 unspecified atom stereocenters. The molecular weight excluding hydrogens is 538 g/mol. The Bertz CT molecular complexity index is 1360. The number of nitrogens with zero attached hydrogens (tertiary/aromatic N) is 1. The molecule has 35 heavy (non-hydrogen) atoms. The zero-order valence-electron chi connectivity index (χ0n) is 18.0. The number of hydrogen-bond acceptors (Lipinski definition) is 5. The second-order valence-electron chi connectivity index (χ2n) is 7.29. The van der Waals surface area contributed by atoms with Gasteiger partial charge in [0.15, 0.2) is 6.61 Å². The molecular formula is C25H17BrClN3O5. The molecule has 0 radical (unpaired) electrons. The standard InChI is InChI=1S/C25H17BrClN3O5/c26-16-9-11-17(12-10-16)30-24(33)18(23(32)29-25(30)34)13-15-5-1-4-8-21(15)35-14-22(31)28-20-7-3-2-6-19(20)27/h1-13H,14H2,(H,28,31)(H,29,32,34)/b18-13+. The summed E-state index contributed by atoms with van der Waals surface area (Å²) in [7, 11) is 0. The summed E-state index contributed by atoms with van der Waals surface area (Å²) in [5.41, 5.74) is 0.862. The van der Waals surface area contributed by atoms with Gasteiger partial charge >= 0.3 is 6.03 Å². The number of anilines is 2. The largest absolute Gasteiger partial charge is 0.483 e. The van der Waals surface area contributed by atoms with Crippen molar-refractivity contribution in [1.29, 1.82) is 0 Å². The molecule has 0 aliphatic carbocycles. The number of rotatable bonds is 6. The third-order valence-corrected chi connectivity index (χ3v) is 5.77. The van der Waals surface area contributed by atoms with E-state index in [2.05, 4.69) is 26.6 Å². The lowest BCUT2D eigenvalue weighted by Gasteiger charge is -2.26. The third-order valence-electron chi connectivity index (χ3n) is 4.91. The number of halogens is 2. The molecule has 1 aliphatic heterocycles. The maximum absolute atomic E-state index is 13.1. The van der Waals surface area contributed by atoms with Gasteiger partial charge in [-0.3, -0.25) is 19.7 Å². The van der Waals surface area contributed by atoms with Crippen molar-refractivity contribution in [3.63, 3.8) is 0 Å². The first-order chi connectivity index (χ1) is 16.8. The summed E-state index contributed by atoms with van der Waals surface area (Å²) in [6.45, 7) is -0.338. The number of barbiturate groups is 1. The lowest BCUT2D eigenvalue weighted by molar-refractivity contribution is -0.122. The van der Waals surface area contributed by atoms with Crippen LogP contribution in [0, 0.1) is 0 Å². The van der Waals surface area contributed by atoms with Crippen LogP contribution in [0.5, 0.6) is 5.75 Å². The van der Waals surface area contributed by atoms with E-state index in [1.165, 1.54) is 6.08 Å². The van der Waals surface area contributed by atoms with Gasteiger partial charge in [0.05, 0.1) is 16.4 Å². The van der Waals surface area contributed by atoms with Crippen LogP contribution in [0.25, 0.3) is 6.08 Å². The van der Waals surface area contributed by atoms with Crippen LogP contribution in [0.3, 0.4) is 0 Å². The molecule has 5 amide bonds. The fourth-order valence-electron chi connectivity index (χ4n) is 3.26. The molecule has 1 aliphatic rings. The molecule has 0 saturated carbocycles. The Morgan fingerprint density at radius 1 is 1.00 bits per heavy atom. The first kappa shape index (κ1) is 24.2. The highest BCUT2D eigenvalue weighted by atomic mass is 79.9. The van der Waals surface area contributed by atoms with Gasteiger partial charge in [-0.2, -0.15) is 0 Å². The molecule has 3 aromatic carbocycles. The summed E-state index contributed by atoms with van der Waals surface area (Å²) in [5, 5.41) is 5.21. The second kappa shape index (κ2) is 10.5. The molecule has 3 aromatic rings. The van der Waals surface area contributed by atoms with Gasteiger partial charge < -0.3 is 10.1 Å². The smallest absolute Gasteiger partial charge is 0.335 e. The van der Waals surface area contributed by atoms with E-state index in [0.29, 0.717) is 22.0 Å². The van der Waals surface area contributed by atoms with Crippen LogP contribution in [0.15, 0.2) is 82.8 Å². The predicted molar refractivity (Wildman–Crippen MR) is 135 cm³/mol. The molecule has 1 heterocycles. The van der Waals surface area contributed by atoms with Gasteiger partial charge in [0.1, 0.15) is 11.3 Å². The molecule has 8 nitrogen and oxygen atoms in total. The first-order valence-corrected chi connectivity index (χ1v) is 11.4. The summed E-state index contributed by atoms with van der Waals surface area (Å²) in [6.07, 6.45) is 1.32. The molecule has 4 rings (SSSR count). The van der Waals surface area contributed by atoms with Gasteiger partial charge in [0.25, 0.3) is 17.7 Å². The molecule has 0 aromatic heterocycles. The summed E-state index contributed by atoms with van der Waals surface area (Å²) in [4.78, 5) is 51.2. The molecule has 10 heteroatoms. The van der Waals surface area contributed by atoms with Crippen molar-refractivity contribution in [1.82, 2.24) is 5.32 Å². The van der Waals surface area contributed by atoms with E-state index in [1.807, 2.05) is 0 Å². The fraction of sp³-hybridized carbons (Fsp3) is 0.0400. The van der Waals surface area contributed by atoms with E-state index >= 15 is 0 Å². The lowest BCUT2D eigenvalue weighted by atomic mass is 10.1. The summed E-state index contributed by atoms with van der Waals surface area (Å²) < 4.78 is 6.41. The molecule has 0 spiro atoms. The van der Waals surface area contributed by atoms with Crippen LogP contribution in [0.1, 0.15) is 5.56 Å². The summed E-state index contributed by atoms with van der Waals surface area (Å²) in [5.74, 6) is -1.80. The number of urea groups is 1. The van der Waals surface area contributed by atoms with Crippen molar-refractivity contribution in [2.24, 2.45) is 0 Å². The number of benzene rings is 3. The summed E-state index contributed by atoms with van der Waals surface area (Å²) >= 11 is 9.36. The number of para-hydroxylation sites is 2. The zero-order chi connectivity index (χ0) is 24.9. The van der Waals surface area contributed by atoms with Gasteiger partial charge in [-0.1, -0.05) is 57.9 Å². The number of carbonyl (C=O) groups is 4. The van der Waals surface area contributed by atoms with Crippen LogP contribution >= 0.6 is 27.5 Å². The van der Waals surface area contributed by atoms with Crippen molar-refractivity contribution >= 4 is 68.7 Å². The van der Waals surface area contributed by atoms with Crippen LogP contribution in [0.2, 0.25) is 5.02 Å². The molecule has 0 atom stereocenters. The topological polar surface area (TPSA) is 105 Å². The number of imide groups is 2. The van der Waals surface area contributed by atoms with Gasteiger partial charge in [-0.05, 0) is 48.5 Å². The van der Waals surface area contributed by atoms with Crippen LogP contribution in [0.4, 0.5) is 16.2 Å². The Balaban J connectivity index is 1.55. The number of ether oxygens (including phenoxy) is 1. The minimum Gasteiger partial charge on any atom is -0.483 e. The molecule has 2 N–H and O–H groups in total. The van der Waals surface area contributed by atoms with Crippen molar-refractivity contribution in [3.05, 3.63) is 93.4 Å². The van der Waals surface area contributed by atoms with Gasteiger partial charge in [-0.15, -0.1) is 0 Å². The minimum atomic E-state index is -0.847. The maximum Gasteiger partial charge on any atom is 0.335 e. The molecule has 176 valence electrons. The zero-order valence-corrected chi connectivity index (χ0v) is 20.3. The maximum atomic E-state index is 13.1. The number of hydrogen-bond donors (Lipinski definition) is 2. The van der Waals surface area contributed by atoms with E-state index in [0.717, 1.165) is 9.37 Å². The van der Waals surface area contributed by atoms with Crippen molar-refractivity contribution in [2.75, 3.05) is 16.8 Å². The average molecular weight is 555 g/mol. The monoisotopic (exact) mass is 553 g/mol. The van der Waals surface area contributed by atoms with Crippen LogP contribution in [-0.2, 0) is 14.4 Å². The van der Waals surface area contributed by atoms with E-state index in [9.17, 15) is 19.2 Å². The van der Waals surface area contributed by atoms with Crippen molar-refractivity contribution in [2.45, 2.75) is 0 Å². The van der Waals surface area contributed by atoms with E-state index < -0.39 is 23.8 Å².